The quantitative estimate of drug-likeness (QED) is 0.601. The molecule has 4 heteroatoms. The van der Waals surface area contributed by atoms with Crippen LogP contribution in [0.15, 0.2) is 24.4 Å². The Hall–Kier alpha value is -1.84. The van der Waals surface area contributed by atoms with Crippen molar-refractivity contribution in [2.75, 3.05) is 0 Å². The van der Waals surface area contributed by atoms with E-state index in [0.717, 1.165) is 5.39 Å². The van der Waals surface area contributed by atoms with Crippen LogP contribution in [0.4, 0.5) is 5.69 Å². The first-order chi connectivity index (χ1) is 7.27. The molecule has 0 saturated heterocycles. The lowest BCUT2D eigenvalue weighted by molar-refractivity contribution is -0.383. The van der Waals surface area contributed by atoms with Crippen LogP contribution in [0, 0.1) is 10.1 Å². The van der Waals surface area contributed by atoms with Crippen LogP contribution >= 0.6 is 0 Å². The average molecular weight is 202 g/mol. The third-order valence-corrected chi connectivity index (χ3v) is 2.94. The second-order valence-electron chi connectivity index (χ2n) is 3.98. The van der Waals surface area contributed by atoms with Gasteiger partial charge in [0, 0.05) is 17.6 Å². The first-order valence-electron chi connectivity index (χ1n) is 5.02. The Bertz CT molecular complexity index is 541. The van der Waals surface area contributed by atoms with Gasteiger partial charge in [0.2, 0.25) is 0 Å². The van der Waals surface area contributed by atoms with Gasteiger partial charge in [0.15, 0.2) is 0 Å². The molecule has 2 aromatic rings. The minimum absolute atomic E-state index is 0.166. The lowest BCUT2D eigenvalue weighted by Gasteiger charge is -1.95. The number of benzene rings is 1. The summed E-state index contributed by atoms with van der Waals surface area (Å²) >= 11 is 0. The Morgan fingerprint density at radius 2 is 2.20 bits per heavy atom. The van der Waals surface area contributed by atoms with E-state index in [0.29, 0.717) is 11.4 Å². The highest BCUT2D eigenvalue weighted by Gasteiger charge is 2.27. The summed E-state index contributed by atoms with van der Waals surface area (Å²) in [6.07, 6.45) is 4.32. The minimum Gasteiger partial charge on any atom is -0.355 e. The first-order valence-corrected chi connectivity index (χ1v) is 5.02. The van der Waals surface area contributed by atoms with Crippen molar-refractivity contribution in [1.29, 1.82) is 0 Å². The highest BCUT2D eigenvalue weighted by molar-refractivity contribution is 5.91. The number of hydrogen-bond donors (Lipinski definition) is 1. The van der Waals surface area contributed by atoms with E-state index in [1.165, 1.54) is 24.5 Å². The number of aromatic nitrogens is 1. The Labute approximate surface area is 86.1 Å². The largest absolute Gasteiger partial charge is 0.355 e. The molecule has 1 aromatic carbocycles. The van der Waals surface area contributed by atoms with Gasteiger partial charge in [-0.1, -0.05) is 12.1 Å². The second kappa shape index (κ2) is 2.82. The number of nitro benzene ring substituents is 1. The van der Waals surface area contributed by atoms with Gasteiger partial charge in [-0.2, -0.15) is 0 Å². The van der Waals surface area contributed by atoms with E-state index in [4.69, 9.17) is 0 Å². The lowest BCUT2D eigenvalue weighted by atomic mass is 10.1. The van der Waals surface area contributed by atoms with Crippen LogP contribution in [0.5, 0.6) is 0 Å². The molecule has 3 rings (SSSR count). The van der Waals surface area contributed by atoms with Crippen molar-refractivity contribution in [3.63, 3.8) is 0 Å². The Morgan fingerprint density at radius 1 is 1.40 bits per heavy atom. The normalized spacial score (nSPS) is 15.7. The van der Waals surface area contributed by atoms with E-state index in [-0.39, 0.29) is 10.6 Å². The van der Waals surface area contributed by atoms with Gasteiger partial charge in [-0.3, -0.25) is 10.1 Å². The summed E-state index contributed by atoms with van der Waals surface area (Å²) in [5, 5.41) is 11.8. The maximum Gasteiger partial charge on any atom is 0.293 e. The van der Waals surface area contributed by atoms with E-state index in [9.17, 15) is 10.1 Å². The fourth-order valence-corrected chi connectivity index (χ4v) is 2.04. The van der Waals surface area contributed by atoms with Gasteiger partial charge >= 0.3 is 0 Å². The summed E-state index contributed by atoms with van der Waals surface area (Å²) in [7, 11) is 0. The predicted octanol–water partition coefficient (Wildman–Crippen LogP) is 2.95. The molecule has 0 atom stereocenters. The van der Waals surface area contributed by atoms with E-state index in [2.05, 4.69) is 4.98 Å². The monoisotopic (exact) mass is 202 g/mol. The highest BCUT2D eigenvalue weighted by atomic mass is 16.6. The SMILES string of the molecule is O=[N+]([O-])c1cccc2c(C3CC3)c[nH]c12. The fourth-order valence-electron chi connectivity index (χ4n) is 2.04. The van der Waals surface area contributed by atoms with Gasteiger partial charge in [-0.15, -0.1) is 0 Å². The van der Waals surface area contributed by atoms with Crippen LogP contribution in [0.3, 0.4) is 0 Å². The van der Waals surface area contributed by atoms with E-state index in [1.54, 1.807) is 6.07 Å². The van der Waals surface area contributed by atoms with Crippen molar-refractivity contribution in [3.8, 4) is 0 Å². The molecule has 1 N–H and O–H groups in total. The number of nitrogens with zero attached hydrogens (tertiary/aromatic N) is 1. The summed E-state index contributed by atoms with van der Waals surface area (Å²) in [6, 6.07) is 5.24. The van der Waals surface area contributed by atoms with E-state index >= 15 is 0 Å². The summed E-state index contributed by atoms with van der Waals surface area (Å²) in [5.41, 5.74) is 2.05. The molecule has 1 saturated carbocycles. The van der Waals surface area contributed by atoms with Gasteiger partial charge in [0.05, 0.1) is 4.92 Å². The average Bonchev–Trinajstić information content (AvgIpc) is 2.97. The van der Waals surface area contributed by atoms with Crippen LogP contribution in [0.25, 0.3) is 10.9 Å². The van der Waals surface area contributed by atoms with Crippen LogP contribution in [-0.4, -0.2) is 9.91 Å². The van der Waals surface area contributed by atoms with Crippen LogP contribution in [-0.2, 0) is 0 Å². The van der Waals surface area contributed by atoms with Crippen molar-refractivity contribution < 1.29 is 4.92 Å². The molecule has 1 aliphatic rings. The topological polar surface area (TPSA) is 58.9 Å². The maximum absolute atomic E-state index is 10.8. The lowest BCUT2D eigenvalue weighted by Crippen LogP contribution is -1.88. The molecule has 76 valence electrons. The number of para-hydroxylation sites is 1. The molecule has 0 spiro atoms. The summed E-state index contributed by atoms with van der Waals surface area (Å²) < 4.78 is 0. The van der Waals surface area contributed by atoms with Crippen LogP contribution in [0.2, 0.25) is 0 Å². The Kier molecular flexibility index (Phi) is 1.59. The number of nitro groups is 1. The van der Waals surface area contributed by atoms with Gasteiger partial charge in [0.25, 0.3) is 5.69 Å². The number of H-pyrrole nitrogens is 1. The Morgan fingerprint density at radius 3 is 2.87 bits per heavy atom. The zero-order valence-electron chi connectivity index (χ0n) is 8.06. The van der Waals surface area contributed by atoms with Crippen LogP contribution in [0.1, 0.15) is 24.3 Å². The first kappa shape index (κ1) is 8.47. The molecule has 1 heterocycles. The zero-order chi connectivity index (χ0) is 10.4. The van der Waals surface area contributed by atoms with E-state index in [1.807, 2.05) is 12.3 Å². The van der Waals surface area contributed by atoms with Crippen molar-refractivity contribution in [2.45, 2.75) is 18.8 Å². The number of non-ortho nitro benzene ring substituents is 1. The number of rotatable bonds is 2. The summed E-state index contributed by atoms with van der Waals surface area (Å²) in [5.74, 6) is 0.612. The van der Waals surface area contributed by atoms with Gasteiger partial charge in [0.1, 0.15) is 5.52 Å². The second-order valence-corrected chi connectivity index (χ2v) is 3.98. The molecule has 15 heavy (non-hydrogen) atoms. The van der Waals surface area contributed by atoms with Gasteiger partial charge in [-0.25, -0.2) is 0 Å². The molecule has 1 aliphatic carbocycles. The molecule has 4 nitrogen and oxygen atoms in total. The van der Waals surface area contributed by atoms with Crippen molar-refractivity contribution in [3.05, 3.63) is 40.1 Å². The number of nitrogens with one attached hydrogen (secondary N) is 1. The third kappa shape index (κ3) is 1.21. The molecule has 1 aromatic heterocycles. The molecule has 0 amide bonds. The minimum atomic E-state index is -0.338. The summed E-state index contributed by atoms with van der Waals surface area (Å²) in [6.45, 7) is 0. The number of aromatic amines is 1. The maximum atomic E-state index is 10.8. The molecule has 0 bridgehead atoms. The summed E-state index contributed by atoms with van der Waals surface area (Å²) in [4.78, 5) is 13.5. The zero-order valence-corrected chi connectivity index (χ0v) is 8.06. The Balaban J connectivity index is 2.27. The van der Waals surface area contributed by atoms with Crippen molar-refractivity contribution in [2.24, 2.45) is 0 Å². The molecule has 1 fully saturated rings. The van der Waals surface area contributed by atoms with Crippen LogP contribution < -0.4 is 0 Å². The standard InChI is InChI=1S/C11H10N2O2/c14-13(15)10-3-1-2-8-9(7-4-5-7)6-12-11(8)10/h1-3,6-7,12H,4-5H2. The molecule has 0 radical (unpaired) electrons. The fraction of sp³-hybridized carbons (Fsp3) is 0.273. The smallest absolute Gasteiger partial charge is 0.293 e. The highest BCUT2D eigenvalue weighted by Crippen LogP contribution is 2.44. The molecule has 0 unspecified atom stereocenters. The molecular formula is C11H10N2O2. The van der Waals surface area contributed by atoms with Gasteiger partial charge < -0.3 is 4.98 Å². The molecule has 0 aliphatic heterocycles. The van der Waals surface area contributed by atoms with Gasteiger partial charge in [-0.05, 0) is 24.3 Å². The molecular weight excluding hydrogens is 192 g/mol. The number of fused-ring (bicyclic) bond motifs is 1. The predicted molar refractivity (Wildman–Crippen MR) is 56.9 cm³/mol. The van der Waals surface area contributed by atoms with E-state index < -0.39 is 0 Å². The van der Waals surface area contributed by atoms with Crippen molar-refractivity contribution >= 4 is 16.6 Å². The number of hydrogen-bond acceptors (Lipinski definition) is 2. The van der Waals surface area contributed by atoms with Crippen molar-refractivity contribution in [1.82, 2.24) is 4.98 Å². The third-order valence-electron chi connectivity index (χ3n) is 2.94.